The lowest BCUT2D eigenvalue weighted by atomic mass is 10.1. The number of aromatic nitrogens is 2. The van der Waals surface area contributed by atoms with E-state index in [1.165, 1.54) is 12.8 Å². The van der Waals surface area contributed by atoms with Crippen LogP contribution in [0.1, 0.15) is 25.2 Å². The first-order valence-electron chi connectivity index (χ1n) is 7.72. The van der Waals surface area contributed by atoms with Gasteiger partial charge in [-0.25, -0.2) is 0 Å². The van der Waals surface area contributed by atoms with Crippen LogP contribution in [0.2, 0.25) is 5.02 Å². The van der Waals surface area contributed by atoms with Crippen LogP contribution in [-0.4, -0.2) is 41.2 Å². The molecule has 0 saturated carbocycles. The molecule has 5 nitrogen and oxygen atoms in total. The first-order valence-corrected chi connectivity index (χ1v) is 8.09. The average Bonchev–Trinajstić information content (AvgIpc) is 2.80. The second-order valence-electron chi connectivity index (χ2n) is 5.77. The molecule has 0 amide bonds. The quantitative estimate of drug-likeness (QED) is 0.909. The summed E-state index contributed by atoms with van der Waals surface area (Å²) >= 11 is 6.00. The van der Waals surface area contributed by atoms with E-state index in [1.807, 2.05) is 24.3 Å². The first kappa shape index (κ1) is 18.2. The summed E-state index contributed by atoms with van der Waals surface area (Å²) in [5.41, 5.74) is 0.879. The van der Waals surface area contributed by atoms with Crippen molar-refractivity contribution < 1.29 is 4.52 Å². The topological polar surface area (TPSA) is 54.2 Å². The second-order valence-corrected chi connectivity index (χ2v) is 6.21. The van der Waals surface area contributed by atoms with E-state index in [4.69, 9.17) is 16.1 Å². The molecule has 1 aromatic heterocycles. The van der Waals surface area contributed by atoms with Crippen LogP contribution in [0.15, 0.2) is 28.8 Å². The minimum atomic E-state index is 0. The maximum absolute atomic E-state index is 6.00. The van der Waals surface area contributed by atoms with Crippen molar-refractivity contribution >= 4 is 24.0 Å². The summed E-state index contributed by atoms with van der Waals surface area (Å²) < 4.78 is 5.39. The Balaban J connectivity index is 0.00000192. The third-order valence-corrected chi connectivity index (χ3v) is 4.34. The monoisotopic (exact) mass is 356 g/mol. The molecule has 3 rings (SSSR count). The lowest BCUT2D eigenvalue weighted by Crippen LogP contribution is -2.32. The van der Waals surface area contributed by atoms with Gasteiger partial charge in [0.25, 0.3) is 0 Å². The number of halogens is 2. The molecule has 126 valence electrons. The molecule has 0 radical (unpaired) electrons. The highest BCUT2D eigenvalue weighted by Gasteiger charge is 2.19. The van der Waals surface area contributed by atoms with E-state index in [-0.39, 0.29) is 12.4 Å². The van der Waals surface area contributed by atoms with Gasteiger partial charge in [-0.2, -0.15) is 4.98 Å². The molecule has 1 fully saturated rings. The summed E-state index contributed by atoms with van der Waals surface area (Å²) in [5.74, 6) is 1.24. The van der Waals surface area contributed by atoms with Crippen molar-refractivity contribution in [2.45, 2.75) is 31.8 Å². The Bertz CT molecular complexity index is 612. The summed E-state index contributed by atoms with van der Waals surface area (Å²) in [6, 6.07) is 8.06. The van der Waals surface area contributed by atoms with Gasteiger partial charge in [-0.3, -0.25) is 4.90 Å². The van der Waals surface area contributed by atoms with Crippen LogP contribution in [0.5, 0.6) is 0 Å². The number of nitrogens with zero attached hydrogens (tertiary/aromatic N) is 3. The Labute approximate surface area is 147 Å². The van der Waals surface area contributed by atoms with E-state index in [0.717, 1.165) is 25.1 Å². The molecule has 23 heavy (non-hydrogen) atoms. The molecule has 2 heterocycles. The van der Waals surface area contributed by atoms with Gasteiger partial charge < -0.3 is 9.84 Å². The fourth-order valence-corrected chi connectivity index (χ4v) is 3.04. The first-order chi connectivity index (χ1) is 10.7. The molecule has 2 aromatic rings. The molecule has 0 bridgehead atoms. The minimum Gasteiger partial charge on any atom is -0.338 e. The number of benzene rings is 1. The Hall–Kier alpha value is -1.14. The van der Waals surface area contributed by atoms with Gasteiger partial charge in [-0.1, -0.05) is 28.9 Å². The van der Waals surface area contributed by atoms with Crippen molar-refractivity contribution in [1.82, 2.24) is 20.4 Å². The van der Waals surface area contributed by atoms with Gasteiger partial charge in [0.05, 0.1) is 6.54 Å². The predicted octanol–water partition coefficient (Wildman–Crippen LogP) is 3.39. The molecular weight excluding hydrogens is 335 g/mol. The number of hydrogen-bond acceptors (Lipinski definition) is 5. The van der Waals surface area contributed by atoms with Gasteiger partial charge in [-0.05, 0) is 51.5 Å². The van der Waals surface area contributed by atoms with Crippen LogP contribution in [0.3, 0.4) is 0 Å². The molecule has 0 spiro atoms. The lowest BCUT2D eigenvalue weighted by Gasteiger charge is -2.25. The van der Waals surface area contributed by atoms with Crippen LogP contribution in [0.4, 0.5) is 0 Å². The van der Waals surface area contributed by atoms with Gasteiger partial charge in [0.15, 0.2) is 0 Å². The van der Waals surface area contributed by atoms with E-state index >= 15 is 0 Å². The van der Waals surface area contributed by atoms with Crippen LogP contribution in [0.25, 0.3) is 11.4 Å². The van der Waals surface area contributed by atoms with Gasteiger partial charge in [0.2, 0.25) is 11.7 Å². The molecule has 1 unspecified atom stereocenters. The van der Waals surface area contributed by atoms with Crippen molar-refractivity contribution in [3.8, 4) is 11.4 Å². The van der Waals surface area contributed by atoms with Crippen molar-refractivity contribution in [3.63, 3.8) is 0 Å². The fraction of sp³-hybridized carbons (Fsp3) is 0.500. The highest BCUT2D eigenvalue weighted by atomic mass is 35.5. The summed E-state index contributed by atoms with van der Waals surface area (Å²) in [6.07, 6.45) is 3.58. The van der Waals surface area contributed by atoms with Gasteiger partial charge in [0.1, 0.15) is 0 Å². The van der Waals surface area contributed by atoms with E-state index in [2.05, 4.69) is 27.4 Å². The molecule has 1 aliphatic heterocycles. The minimum absolute atomic E-state index is 0. The molecule has 1 aliphatic rings. The SMILES string of the molecule is CN(Cc1nc(-c2cccc(Cl)c2)no1)C1CCCNCC1.Cl. The number of nitrogens with one attached hydrogen (secondary N) is 1. The largest absolute Gasteiger partial charge is 0.338 e. The highest BCUT2D eigenvalue weighted by Crippen LogP contribution is 2.21. The lowest BCUT2D eigenvalue weighted by molar-refractivity contribution is 0.190. The van der Waals surface area contributed by atoms with Crippen molar-refractivity contribution in [2.24, 2.45) is 0 Å². The molecule has 1 aromatic carbocycles. The normalized spacial score (nSPS) is 18.5. The van der Waals surface area contributed by atoms with E-state index in [9.17, 15) is 0 Å². The summed E-state index contributed by atoms with van der Waals surface area (Å²) in [7, 11) is 2.12. The van der Waals surface area contributed by atoms with Crippen LogP contribution >= 0.6 is 24.0 Å². The summed E-state index contributed by atoms with van der Waals surface area (Å²) in [4.78, 5) is 6.79. The smallest absolute Gasteiger partial charge is 0.241 e. The Morgan fingerprint density at radius 3 is 3.04 bits per heavy atom. The van der Waals surface area contributed by atoms with E-state index in [1.54, 1.807) is 0 Å². The molecular formula is C16H22Cl2N4O. The van der Waals surface area contributed by atoms with Crippen LogP contribution in [-0.2, 0) is 6.54 Å². The highest BCUT2D eigenvalue weighted by molar-refractivity contribution is 6.30. The Morgan fingerprint density at radius 1 is 1.35 bits per heavy atom. The fourth-order valence-electron chi connectivity index (χ4n) is 2.85. The zero-order valence-corrected chi connectivity index (χ0v) is 14.7. The molecule has 1 N–H and O–H groups in total. The third-order valence-electron chi connectivity index (χ3n) is 4.10. The maximum Gasteiger partial charge on any atom is 0.241 e. The maximum atomic E-state index is 6.00. The summed E-state index contributed by atoms with van der Waals surface area (Å²) in [6.45, 7) is 2.87. The Morgan fingerprint density at radius 2 is 2.22 bits per heavy atom. The zero-order chi connectivity index (χ0) is 15.4. The molecule has 7 heteroatoms. The standard InChI is InChI=1S/C16H21ClN4O.ClH/c1-21(14-6-3-8-18-9-7-14)11-15-19-16(20-22-15)12-4-2-5-13(17)10-12;/h2,4-5,10,14,18H,3,6-9,11H2,1H3;1H. The average molecular weight is 357 g/mol. The summed E-state index contributed by atoms with van der Waals surface area (Å²) in [5, 5.41) is 8.17. The number of rotatable bonds is 4. The Kier molecular flexibility index (Phi) is 6.84. The predicted molar refractivity (Wildman–Crippen MR) is 94.0 cm³/mol. The molecule has 1 saturated heterocycles. The second kappa shape index (κ2) is 8.64. The number of hydrogen-bond donors (Lipinski definition) is 1. The van der Waals surface area contributed by atoms with E-state index < -0.39 is 0 Å². The van der Waals surface area contributed by atoms with Crippen LogP contribution < -0.4 is 5.32 Å². The van der Waals surface area contributed by atoms with E-state index in [0.29, 0.717) is 29.3 Å². The van der Waals surface area contributed by atoms with Gasteiger partial charge >= 0.3 is 0 Å². The van der Waals surface area contributed by atoms with Gasteiger partial charge in [0, 0.05) is 16.6 Å². The van der Waals surface area contributed by atoms with Crippen molar-refractivity contribution in [2.75, 3.05) is 20.1 Å². The molecule has 1 atom stereocenters. The third kappa shape index (κ3) is 4.91. The van der Waals surface area contributed by atoms with Crippen molar-refractivity contribution in [3.05, 3.63) is 35.2 Å². The molecule has 0 aliphatic carbocycles. The van der Waals surface area contributed by atoms with Crippen molar-refractivity contribution in [1.29, 1.82) is 0 Å². The zero-order valence-electron chi connectivity index (χ0n) is 13.2. The van der Waals surface area contributed by atoms with Gasteiger partial charge in [-0.15, -0.1) is 12.4 Å². The van der Waals surface area contributed by atoms with Crippen LogP contribution in [0, 0.1) is 0 Å².